The van der Waals surface area contributed by atoms with Gasteiger partial charge in [-0.25, -0.2) is 4.39 Å². The third-order valence-electron chi connectivity index (χ3n) is 4.20. The van der Waals surface area contributed by atoms with E-state index in [0.717, 1.165) is 6.42 Å². The molecule has 1 aliphatic rings. The van der Waals surface area contributed by atoms with Gasteiger partial charge >= 0.3 is 5.97 Å². The number of aliphatic imine (C=N–C) groups is 1. The Bertz CT molecular complexity index is 642. The number of rotatable bonds is 7. The highest BCUT2D eigenvalue weighted by Crippen LogP contribution is 2.32. The fourth-order valence-electron chi connectivity index (χ4n) is 2.86. The molecule has 2 rings (SSSR count). The van der Waals surface area contributed by atoms with Gasteiger partial charge in [0.15, 0.2) is 0 Å². The third-order valence-corrected chi connectivity index (χ3v) is 5.65. The number of phenols is 1. The summed E-state index contributed by atoms with van der Waals surface area (Å²) in [6.45, 7) is 1.98. The van der Waals surface area contributed by atoms with Crippen LogP contribution in [0.15, 0.2) is 23.2 Å². The van der Waals surface area contributed by atoms with Gasteiger partial charge in [0.2, 0.25) is 0 Å². The Kier molecular flexibility index (Phi) is 6.54. The minimum Gasteiger partial charge on any atom is -0.507 e. The Labute approximate surface area is 150 Å². The van der Waals surface area contributed by atoms with Crippen LogP contribution in [0.2, 0.25) is 0 Å². The van der Waals surface area contributed by atoms with Gasteiger partial charge in [0.25, 0.3) is 0 Å². The molecule has 24 heavy (non-hydrogen) atoms. The molecular weight excluding hydrogens is 351 g/mol. The molecule has 0 amide bonds. The summed E-state index contributed by atoms with van der Waals surface area (Å²) < 4.78 is 13.4. The van der Waals surface area contributed by atoms with E-state index in [0.29, 0.717) is 16.4 Å². The fourth-order valence-corrected chi connectivity index (χ4v) is 4.43. The number of benzene rings is 1. The molecule has 0 spiro atoms. The molecule has 0 aromatic heterocycles. The average molecular weight is 372 g/mol. The fraction of sp³-hybridized carbons (Fsp3) is 0.500. The van der Waals surface area contributed by atoms with Crippen LogP contribution in [0, 0.1) is 5.82 Å². The van der Waals surface area contributed by atoms with Gasteiger partial charge in [-0.05, 0) is 31.7 Å². The largest absolute Gasteiger partial charge is 0.507 e. The van der Waals surface area contributed by atoms with Crippen LogP contribution in [0.5, 0.6) is 5.75 Å². The molecule has 132 valence electrons. The predicted octanol–water partition coefficient (Wildman–Crippen LogP) is 2.49. The van der Waals surface area contributed by atoms with Crippen molar-refractivity contribution >= 4 is 35.4 Å². The minimum atomic E-state index is -0.913. The number of likely N-dealkylation sites (N-methyl/N-ethyl adjacent to an activating group) is 1. The van der Waals surface area contributed by atoms with Gasteiger partial charge < -0.3 is 10.2 Å². The summed E-state index contributed by atoms with van der Waals surface area (Å²) in [6.07, 6.45) is 0.727. The van der Waals surface area contributed by atoms with E-state index in [1.54, 1.807) is 11.9 Å². The number of halogens is 1. The van der Waals surface area contributed by atoms with E-state index >= 15 is 0 Å². The normalized spacial score (nSPS) is 20.0. The first-order valence-electron chi connectivity index (χ1n) is 7.64. The van der Waals surface area contributed by atoms with Gasteiger partial charge in [-0.15, -0.1) is 11.8 Å². The summed E-state index contributed by atoms with van der Waals surface area (Å²) in [5.41, 5.74) is 0.379. The second kappa shape index (κ2) is 8.22. The predicted molar refractivity (Wildman–Crippen MR) is 98.0 cm³/mol. The summed E-state index contributed by atoms with van der Waals surface area (Å²) in [5.74, 6) is -0.483. The molecule has 2 N–H and O–H groups in total. The molecular formula is C16H21FN2O3S2. The van der Waals surface area contributed by atoms with Gasteiger partial charge in [0.05, 0.1) is 11.6 Å². The zero-order chi connectivity index (χ0) is 17.9. The summed E-state index contributed by atoms with van der Waals surface area (Å²) in [6, 6.07) is 2.89. The summed E-state index contributed by atoms with van der Waals surface area (Å²) in [5, 5.41) is 19.8. The first kappa shape index (κ1) is 19.1. The maximum absolute atomic E-state index is 13.4. The lowest BCUT2D eigenvalue weighted by atomic mass is 10.0. The number of thioether (sulfide) groups is 1. The Hall–Kier alpha value is -1.25. The van der Waals surface area contributed by atoms with Crippen LogP contribution in [-0.4, -0.2) is 62.8 Å². The average Bonchev–Trinajstić information content (AvgIpc) is 3.00. The number of hydrogen-bond donors (Lipinski definition) is 3. The summed E-state index contributed by atoms with van der Waals surface area (Å²) in [4.78, 5) is 17.8. The van der Waals surface area contributed by atoms with Crippen molar-refractivity contribution in [2.75, 3.05) is 18.6 Å². The smallest absolute Gasteiger partial charge is 0.321 e. The van der Waals surface area contributed by atoms with Gasteiger partial charge in [-0.2, -0.15) is 12.6 Å². The third kappa shape index (κ3) is 4.04. The lowest BCUT2D eigenvalue weighted by Crippen LogP contribution is -2.50. The number of carbonyl (C=O) groups is 1. The van der Waals surface area contributed by atoms with E-state index in [-0.39, 0.29) is 23.6 Å². The second-order valence-electron chi connectivity index (χ2n) is 5.65. The van der Waals surface area contributed by atoms with Crippen molar-refractivity contribution in [1.29, 1.82) is 0 Å². The van der Waals surface area contributed by atoms with Crippen LogP contribution in [0.1, 0.15) is 18.9 Å². The molecule has 1 aromatic carbocycles. The van der Waals surface area contributed by atoms with Crippen LogP contribution in [-0.2, 0) is 4.79 Å². The molecule has 0 fully saturated rings. The van der Waals surface area contributed by atoms with Crippen molar-refractivity contribution in [2.24, 2.45) is 4.99 Å². The lowest BCUT2D eigenvalue weighted by molar-refractivity contribution is -0.142. The number of carboxylic acid groups (broad SMARTS) is 1. The van der Waals surface area contributed by atoms with Crippen molar-refractivity contribution in [3.05, 3.63) is 29.6 Å². The standard InChI is InChI=1S/C16H21FN2O3S2/c1-3-12(19(2)13(7-23)16(21)22)11-8-24-15(18-11)10-6-9(17)4-5-14(10)20/h4-6,11-13,20,23H,3,7-8H2,1-2H3,(H,21,22)/t11-,12-,13-/m1/s1. The summed E-state index contributed by atoms with van der Waals surface area (Å²) >= 11 is 5.58. The zero-order valence-corrected chi connectivity index (χ0v) is 15.2. The Morgan fingerprint density at radius 3 is 2.88 bits per heavy atom. The first-order chi connectivity index (χ1) is 11.4. The maximum atomic E-state index is 13.4. The number of thiol groups is 1. The number of aliphatic carboxylic acids is 1. The molecule has 0 unspecified atom stereocenters. The number of nitrogens with zero attached hydrogens (tertiary/aromatic N) is 2. The zero-order valence-electron chi connectivity index (χ0n) is 13.5. The Morgan fingerprint density at radius 2 is 2.29 bits per heavy atom. The number of aromatic hydroxyl groups is 1. The van der Waals surface area contributed by atoms with E-state index in [2.05, 4.69) is 17.6 Å². The van der Waals surface area contributed by atoms with Crippen LogP contribution in [0.25, 0.3) is 0 Å². The quantitative estimate of drug-likeness (QED) is 0.642. The van der Waals surface area contributed by atoms with E-state index in [1.807, 2.05) is 6.92 Å². The Morgan fingerprint density at radius 1 is 1.58 bits per heavy atom. The number of carboxylic acids is 1. The van der Waals surface area contributed by atoms with E-state index in [4.69, 9.17) is 0 Å². The van der Waals surface area contributed by atoms with E-state index < -0.39 is 17.8 Å². The van der Waals surface area contributed by atoms with Crippen LogP contribution < -0.4 is 0 Å². The highest BCUT2D eigenvalue weighted by atomic mass is 32.2. The molecule has 3 atom stereocenters. The van der Waals surface area contributed by atoms with Crippen molar-refractivity contribution in [2.45, 2.75) is 31.5 Å². The molecule has 0 aliphatic carbocycles. The molecule has 1 aliphatic heterocycles. The SMILES string of the molecule is CC[C@H]([C@H]1CSC(c2cc(F)ccc2O)=N1)N(C)[C@H](CS)C(=O)O. The molecule has 1 aromatic rings. The molecule has 5 nitrogen and oxygen atoms in total. The van der Waals surface area contributed by atoms with Crippen molar-refractivity contribution in [3.63, 3.8) is 0 Å². The molecule has 1 heterocycles. The van der Waals surface area contributed by atoms with Gasteiger partial charge in [-0.1, -0.05) is 6.92 Å². The van der Waals surface area contributed by atoms with Gasteiger partial charge in [-0.3, -0.25) is 14.7 Å². The van der Waals surface area contributed by atoms with Crippen LogP contribution in [0.3, 0.4) is 0 Å². The van der Waals surface area contributed by atoms with Crippen LogP contribution in [0.4, 0.5) is 4.39 Å². The van der Waals surface area contributed by atoms with E-state index in [1.165, 1.54) is 30.0 Å². The molecule has 0 saturated carbocycles. The Balaban J connectivity index is 2.24. The van der Waals surface area contributed by atoms with Crippen molar-refractivity contribution < 1.29 is 19.4 Å². The van der Waals surface area contributed by atoms with Crippen molar-refractivity contribution in [1.82, 2.24) is 4.90 Å². The lowest BCUT2D eigenvalue weighted by Gasteiger charge is -2.33. The molecule has 0 radical (unpaired) electrons. The number of hydrogen-bond acceptors (Lipinski definition) is 6. The van der Waals surface area contributed by atoms with E-state index in [9.17, 15) is 19.4 Å². The van der Waals surface area contributed by atoms with Gasteiger partial charge in [0.1, 0.15) is 22.7 Å². The molecule has 0 saturated heterocycles. The monoisotopic (exact) mass is 372 g/mol. The minimum absolute atomic E-state index is 0.0107. The molecule has 0 bridgehead atoms. The highest BCUT2D eigenvalue weighted by Gasteiger charge is 2.34. The van der Waals surface area contributed by atoms with Crippen LogP contribution >= 0.6 is 24.4 Å². The highest BCUT2D eigenvalue weighted by molar-refractivity contribution is 8.14. The topological polar surface area (TPSA) is 73.1 Å². The van der Waals surface area contributed by atoms with Gasteiger partial charge in [0, 0.05) is 17.5 Å². The first-order valence-corrected chi connectivity index (χ1v) is 9.25. The van der Waals surface area contributed by atoms with Crippen molar-refractivity contribution in [3.8, 4) is 5.75 Å². The molecule has 8 heteroatoms. The second-order valence-corrected chi connectivity index (χ2v) is 7.03. The maximum Gasteiger partial charge on any atom is 0.321 e. The summed E-state index contributed by atoms with van der Waals surface area (Å²) in [7, 11) is 1.76. The number of phenolic OH excluding ortho intramolecular Hbond substituents is 1.